The number of amides is 3. The lowest BCUT2D eigenvalue weighted by Gasteiger charge is -2.25. The highest BCUT2D eigenvalue weighted by Crippen LogP contribution is 2.12. The molecule has 0 bridgehead atoms. The van der Waals surface area contributed by atoms with E-state index in [1.807, 2.05) is 13.8 Å². The zero-order valence-corrected chi connectivity index (χ0v) is 20.6. The van der Waals surface area contributed by atoms with Crippen LogP contribution in [0.5, 0.6) is 5.75 Å². The van der Waals surface area contributed by atoms with Crippen LogP contribution in [0.25, 0.3) is 0 Å². The van der Waals surface area contributed by atoms with Crippen LogP contribution in [0, 0.1) is 5.92 Å². The molecule has 3 unspecified atom stereocenters. The van der Waals surface area contributed by atoms with Gasteiger partial charge in [-0.15, -0.1) is 0 Å². The molecule has 200 valence electrons. The maximum Gasteiger partial charge on any atom is 0.326 e. The number of rotatable bonds is 15. The van der Waals surface area contributed by atoms with Crippen molar-refractivity contribution in [2.45, 2.75) is 57.7 Å². The molecule has 0 aromatic heterocycles. The van der Waals surface area contributed by atoms with Gasteiger partial charge in [0.2, 0.25) is 17.7 Å². The van der Waals surface area contributed by atoms with E-state index in [0.29, 0.717) is 12.0 Å². The number of phenolic OH excluding ortho intramolecular Hbond substituents is 1. The lowest BCUT2D eigenvalue weighted by Crippen LogP contribution is -2.56. The first kappa shape index (κ1) is 30.2. The molecular weight excluding hydrogens is 470 g/mol. The van der Waals surface area contributed by atoms with Crippen LogP contribution in [0.1, 0.15) is 38.7 Å². The Balaban J connectivity index is 3.08. The van der Waals surface area contributed by atoms with Crippen molar-refractivity contribution in [3.63, 3.8) is 0 Å². The highest BCUT2D eigenvalue weighted by Gasteiger charge is 2.29. The smallest absolute Gasteiger partial charge is 0.326 e. The molecule has 13 nitrogen and oxygen atoms in total. The Morgan fingerprint density at radius 3 is 2.06 bits per heavy atom. The number of carboxylic acid groups (broad SMARTS) is 1. The number of aromatic hydroxyl groups is 1. The van der Waals surface area contributed by atoms with E-state index >= 15 is 0 Å². The fraction of sp³-hybridized carbons (Fsp3) is 0.522. The van der Waals surface area contributed by atoms with Crippen molar-refractivity contribution in [1.29, 1.82) is 0 Å². The number of nitrogens with one attached hydrogen (secondary N) is 3. The van der Waals surface area contributed by atoms with Crippen LogP contribution in [-0.4, -0.2) is 71.1 Å². The molecule has 0 aliphatic heterocycles. The van der Waals surface area contributed by atoms with Gasteiger partial charge in [-0.2, -0.15) is 0 Å². The van der Waals surface area contributed by atoms with Gasteiger partial charge in [0.25, 0.3) is 0 Å². The maximum absolute atomic E-state index is 13.1. The Morgan fingerprint density at radius 1 is 0.944 bits per heavy atom. The van der Waals surface area contributed by atoms with E-state index in [-0.39, 0.29) is 50.0 Å². The molecule has 1 aromatic rings. The van der Waals surface area contributed by atoms with Crippen LogP contribution in [0.3, 0.4) is 0 Å². The number of carbonyl (C=O) groups excluding carboxylic acids is 3. The van der Waals surface area contributed by atoms with E-state index in [4.69, 9.17) is 17.2 Å². The molecule has 0 fully saturated rings. The summed E-state index contributed by atoms with van der Waals surface area (Å²) in [6.07, 6.45) is 0.687. The monoisotopic (exact) mass is 507 g/mol. The average molecular weight is 508 g/mol. The minimum Gasteiger partial charge on any atom is -0.508 e. The van der Waals surface area contributed by atoms with Crippen molar-refractivity contribution in [3.05, 3.63) is 29.8 Å². The van der Waals surface area contributed by atoms with Crippen LogP contribution in [0.15, 0.2) is 29.3 Å². The summed E-state index contributed by atoms with van der Waals surface area (Å²) in [4.78, 5) is 53.5. The fourth-order valence-corrected chi connectivity index (χ4v) is 3.34. The number of benzene rings is 1. The molecule has 0 aliphatic rings. The highest BCUT2D eigenvalue weighted by molar-refractivity contribution is 5.93. The van der Waals surface area contributed by atoms with Gasteiger partial charge in [-0.05, 0) is 42.9 Å². The number of nitrogens with zero attached hydrogens (tertiary/aromatic N) is 1. The zero-order valence-electron chi connectivity index (χ0n) is 20.6. The Kier molecular flexibility index (Phi) is 12.7. The van der Waals surface area contributed by atoms with Gasteiger partial charge in [0.15, 0.2) is 5.96 Å². The number of aliphatic carboxylic acids is 1. The van der Waals surface area contributed by atoms with Gasteiger partial charge in [0.05, 0.1) is 6.54 Å². The van der Waals surface area contributed by atoms with Crippen molar-refractivity contribution < 1.29 is 29.4 Å². The van der Waals surface area contributed by atoms with Crippen LogP contribution < -0.4 is 33.2 Å². The number of nitrogens with two attached hydrogens (primary N) is 3. The summed E-state index contributed by atoms with van der Waals surface area (Å²) in [5, 5.41) is 26.6. The lowest BCUT2D eigenvalue weighted by atomic mass is 10.0. The van der Waals surface area contributed by atoms with E-state index in [2.05, 4.69) is 20.9 Å². The second kappa shape index (κ2) is 15.2. The largest absolute Gasteiger partial charge is 0.508 e. The molecule has 1 rings (SSSR count). The second-order valence-electron chi connectivity index (χ2n) is 8.73. The average Bonchev–Trinajstić information content (AvgIpc) is 2.80. The summed E-state index contributed by atoms with van der Waals surface area (Å²) in [6.45, 7) is 3.49. The van der Waals surface area contributed by atoms with Crippen molar-refractivity contribution in [2.75, 3.05) is 13.1 Å². The molecule has 0 saturated carbocycles. The summed E-state index contributed by atoms with van der Waals surface area (Å²) in [6, 6.07) is 2.73. The first-order valence-corrected chi connectivity index (χ1v) is 11.6. The molecule has 0 radical (unpaired) electrons. The molecule has 1 aromatic carbocycles. The summed E-state index contributed by atoms with van der Waals surface area (Å²) < 4.78 is 0. The Bertz CT molecular complexity index is 916. The number of carbonyl (C=O) groups is 4. The normalized spacial score (nSPS) is 13.2. The number of hydrogen-bond acceptors (Lipinski definition) is 7. The van der Waals surface area contributed by atoms with E-state index in [0.717, 1.165) is 0 Å². The zero-order chi connectivity index (χ0) is 27.3. The SMILES string of the molecule is CC(C)CC(NC(=O)C(CCCN=C(N)N)NC(=O)C(Cc1ccc(O)cc1)NC(=O)CN)C(=O)O. The van der Waals surface area contributed by atoms with Gasteiger partial charge >= 0.3 is 5.97 Å². The van der Waals surface area contributed by atoms with Gasteiger partial charge in [-0.1, -0.05) is 26.0 Å². The van der Waals surface area contributed by atoms with E-state index in [1.54, 1.807) is 12.1 Å². The minimum absolute atomic E-state index is 0.00229. The maximum atomic E-state index is 13.1. The molecule has 0 heterocycles. The molecule has 0 aliphatic carbocycles. The van der Waals surface area contributed by atoms with Crippen molar-refractivity contribution in [1.82, 2.24) is 16.0 Å². The molecule has 11 N–H and O–H groups in total. The number of phenols is 1. The first-order chi connectivity index (χ1) is 16.9. The quantitative estimate of drug-likeness (QED) is 0.0784. The fourth-order valence-electron chi connectivity index (χ4n) is 3.34. The van der Waals surface area contributed by atoms with Gasteiger partial charge in [0, 0.05) is 13.0 Å². The van der Waals surface area contributed by atoms with Crippen LogP contribution >= 0.6 is 0 Å². The minimum atomic E-state index is -1.19. The van der Waals surface area contributed by atoms with E-state index < -0.39 is 41.8 Å². The Labute approximate surface area is 209 Å². The molecule has 13 heteroatoms. The van der Waals surface area contributed by atoms with Gasteiger partial charge in [0.1, 0.15) is 23.9 Å². The molecule has 3 amide bonds. The third-order valence-corrected chi connectivity index (χ3v) is 5.11. The standard InChI is InChI=1S/C23H37N7O6/c1-13(2)10-18(22(35)36)30-20(33)16(4-3-9-27-23(25)26)29-21(34)17(28-19(32)12-24)11-14-5-7-15(31)8-6-14/h5-8,13,16-18,31H,3-4,9-12,24H2,1-2H3,(H,28,32)(H,29,34)(H,30,33)(H,35,36)(H4,25,26,27). The predicted octanol–water partition coefficient (Wildman–Crippen LogP) is -1.47. The molecule has 36 heavy (non-hydrogen) atoms. The predicted molar refractivity (Wildman–Crippen MR) is 134 cm³/mol. The molecular formula is C23H37N7O6. The molecule has 0 saturated heterocycles. The van der Waals surface area contributed by atoms with E-state index in [1.165, 1.54) is 12.1 Å². The van der Waals surface area contributed by atoms with Crippen LogP contribution in [0.4, 0.5) is 0 Å². The number of guanidine groups is 1. The summed E-state index contributed by atoms with van der Waals surface area (Å²) >= 11 is 0. The van der Waals surface area contributed by atoms with Crippen LogP contribution in [0.2, 0.25) is 0 Å². The van der Waals surface area contributed by atoms with E-state index in [9.17, 15) is 29.4 Å². The highest BCUT2D eigenvalue weighted by atomic mass is 16.4. The third-order valence-electron chi connectivity index (χ3n) is 5.11. The topological polar surface area (TPSA) is 235 Å². The van der Waals surface area contributed by atoms with Crippen molar-refractivity contribution in [3.8, 4) is 5.75 Å². The lowest BCUT2D eigenvalue weighted by molar-refractivity contribution is -0.142. The number of carboxylic acids is 1. The summed E-state index contributed by atoms with van der Waals surface area (Å²) in [7, 11) is 0. The Morgan fingerprint density at radius 2 is 1.53 bits per heavy atom. The van der Waals surface area contributed by atoms with Crippen molar-refractivity contribution in [2.24, 2.45) is 28.1 Å². The van der Waals surface area contributed by atoms with Gasteiger partial charge < -0.3 is 43.4 Å². The molecule has 3 atom stereocenters. The summed E-state index contributed by atoms with van der Waals surface area (Å²) in [5.41, 5.74) is 16.7. The third kappa shape index (κ3) is 11.5. The second-order valence-corrected chi connectivity index (χ2v) is 8.73. The first-order valence-electron chi connectivity index (χ1n) is 11.6. The van der Waals surface area contributed by atoms with Crippen LogP contribution in [-0.2, 0) is 25.6 Å². The number of aliphatic imine (C=N–C) groups is 1. The van der Waals surface area contributed by atoms with Gasteiger partial charge in [-0.3, -0.25) is 19.4 Å². The van der Waals surface area contributed by atoms with Gasteiger partial charge in [-0.25, -0.2) is 4.79 Å². The van der Waals surface area contributed by atoms with Crippen molar-refractivity contribution >= 4 is 29.7 Å². The Hall–Kier alpha value is -3.87. The molecule has 0 spiro atoms. The summed E-state index contributed by atoms with van der Waals surface area (Å²) in [5.74, 6) is -3.20. The number of hydrogen-bond donors (Lipinski definition) is 8.